The second-order valence-electron chi connectivity index (χ2n) is 8.98. The van der Waals surface area contributed by atoms with Crippen LogP contribution >= 0.6 is 0 Å². The molecular formula is C30H32N2O4. The molecule has 2 atom stereocenters. The highest BCUT2D eigenvalue weighted by molar-refractivity contribution is 6.01. The number of fused-ring (bicyclic) bond motifs is 1. The van der Waals surface area contributed by atoms with Gasteiger partial charge in [-0.05, 0) is 62.1 Å². The zero-order chi connectivity index (χ0) is 25.1. The number of hydrogen-bond acceptors (Lipinski definition) is 6. The van der Waals surface area contributed by atoms with Crippen molar-refractivity contribution in [2.45, 2.75) is 38.6 Å². The number of ether oxygens (including phenoxy) is 3. The average Bonchev–Trinajstić information content (AvgIpc) is 3.06. The number of para-hydroxylation sites is 3. The van der Waals surface area contributed by atoms with E-state index in [1.54, 1.807) is 7.11 Å². The first-order valence-corrected chi connectivity index (χ1v) is 12.5. The lowest BCUT2D eigenvalue weighted by Crippen LogP contribution is -2.27. The molecule has 0 spiro atoms. The Morgan fingerprint density at radius 2 is 1.61 bits per heavy atom. The Hall–Kier alpha value is -3.93. The highest BCUT2D eigenvalue weighted by atomic mass is 16.5. The van der Waals surface area contributed by atoms with E-state index in [9.17, 15) is 4.79 Å². The molecule has 2 aliphatic rings. The molecule has 0 aromatic heterocycles. The molecule has 3 aromatic rings. The van der Waals surface area contributed by atoms with E-state index in [0.717, 1.165) is 45.9 Å². The van der Waals surface area contributed by atoms with Crippen molar-refractivity contribution in [1.82, 2.24) is 0 Å². The topological polar surface area (TPSA) is 68.8 Å². The summed E-state index contributed by atoms with van der Waals surface area (Å²) >= 11 is 0. The van der Waals surface area contributed by atoms with Crippen molar-refractivity contribution >= 4 is 17.2 Å². The molecule has 0 saturated heterocycles. The largest absolute Gasteiger partial charge is 0.494 e. The second kappa shape index (κ2) is 10.4. The van der Waals surface area contributed by atoms with Crippen LogP contribution in [0.1, 0.15) is 49.8 Å². The number of benzene rings is 3. The Morgan fingerprint density at radius 3 is 2.33 bits per heavy atom. The first-order valence-electron chi connectivity index (χ1n) is 12.5. The van der Waals surface area contributed by atoms with E-state index in [1.165, 1.54) is 0 Å². The summed E-state index contributed by atoms with van der Waals surface area (Å²) in [6.07, 6.45) is 1.17. The van der Waals surface area contributed by atoms with Crippen LogP contribution in [0.15, 0.2) is 78.0 Å². The van der Waals surface area contributed by atoms with Crippen molar-refractivity contribution < 1.29 is 19.0 Å². The first kappa shape index (κ1) is 23.8. The summed E-state index contributed by atoms with van der Waals surface area (Å²) in [5, 5.41) is 7.24. The summed E-state index contributed by atoms with van der Waals surface area (Å²) in [5.74, 6) is 2.36. The molecule has 2 N–H and O–H groups in total. The number of methoxy groups -OCH3 is 1. The average molecular weight is 485 g/mol. The van der Waals surface area contributed by atoms with Gasteiger partial charge in [-0.1, -0.05) is 36.4 Å². The van der Waals surface area contributed by atoms with Gasteiger partial charge in [0.1, 0.15) is 5.75 Å². The highest BCUT2D eigenvalue weighted by Crippen LogP contribution is 2.47. The minimum Gasteiger partial charge on any atom is -0.494 e. The number of carbonyl (C=O) groups excluding carboxylic acids is 1. The fourth-order valence-corrected chi connectivity index (χ4v) is 5.18. The van der Waals surface area contributed by atoms with Crippen LogP contribution in [0, 0.1) is 0 Å². The lowest BCUT2D eigenvalue weighted by atomic mass is 9.78. The van der Waals surface area contributed by atoms with Crippen LogP contribution in [-0.2, 0) is 4.79 Å². The monoisotopic (exact) mass is 484 g/mol. The fraction of sp³-hybridized carbons (Fsp3) is 0.300. The van der Waals surface area contributed by atoms with Gasteiger partial charge in [0.25, 0.3) is 0 Å². The zero-order valence-corrected chi connectivity index (χ0v) is 21.0. The van der Waals surface area contributed by atoms with Crippen LogP contribution in [0.5, 0.6) is 17.2 Å². The zero-order valence-electron chi connectivity index (χ0n) is 21.0. The molecule has 0 saturated carbocycles. The van der Waals surface area contributed by atoms with Gasteiger partial charge in [-0.2, -0.15) is 0 Å². The van der Waals surface area contributed by atoms with Gasteiger partial charge in [0.2, 0.25) is 0 Å². The van der Waals surface area contributed by atoms with Gasteiger partial charge >= 0.3 is 0 Å². The van der Waals surface area contributed by atoms with Crippen LogP contribution in [0.3, 0.4) is 0 Å². The third kappa shape index (κ3) is 4.51. The molecule has 1 aliphatic carbocycles. The number of rotatable bonds is 7. The van der Waals surface area contributed by atoms with Crippen LogP contribution in [0.4, 0.5) is 11.4 Å². The molecule has 5 rings (SSSR count). The number of allylic oxidation sites excluding steroid dienone is 1. The molecular weight excluding hydrogens is 452 g/mol. The standard InChI is InChI=1S/C30H32N2O4/c1-4-35-21-15-13-19(14-16-21)20-17-25-28(26(33)18-20)29(32-24-11-7-6-10-23(24)31-25)22-9-8-12-27(34-3)30(22)36-5-2/h6-16,20,29,31-32H,4-5,17-18H2,1-3H3. The van der Waals surface area contributed by atoms with Crippen LogP contribution < -0.4 is 24.8 Å². The van der Waals surface area contributed by atoms with Crippen LogP contribution in [0.25, 0.3) is 0 Å². The molecule has 186 valence electrons. The van der Waals surface area contributed by atoms with Gasteiger partial charge in [-0.15, -0.1) is 0 Å². The van der Waals surface area contributed by atoms with Crippen molar-refractivity contribution in [3.63, 3.8) is 0 Å². The summed E-state index contributed by atoms with van der Waals surface area (Å²) in [5.41, 5.74) is 5.61. The number of nitrogens with one attached hydrogen (secondary N) is 2. The van der Waals surface area contributed by atoms with E-state index in [4.69, 9.17) is 14.2 Å². The highest BCUT2D eigenvalue weighted by Gasteiger charge is 2.37. The van der Waals surface area contributed by atoms with Gasteiger partial charge in [0.15, 0.2) is 17.3 Å². The summed E-state index contributed by atoms with van der Waals surface area (Å²) in [4.78, 5) is 13.9. The van der Waals surface area contributed by atoms with Gasteiger partial charge in [-0.25, -0.2) is 0 Å². The number of Topliss-reactive ketones (excluding diaryl/α,β-unsaturated/α-hetero) is 1. The normalized spacial score (nSPS) is 18.8. The number of hydrogen-bond donors (Lipinski definition) is 2. The van der Waals surface area contributed by atoms with Crippen molar-refractivity contribution in [1.29, 1.82) is 0 Å². The maximum atomic E-state index is 13.9. The SMILES string of the molecule is CCOc1ccc(C2CC(=O)C3=C(C2)Nc2ccccc2NC3c2cccc(OC)c2OCC)cc1. The summed E-state index contributed by atoms with van der Waals surface area (Å²) < 4.78 is 17.3. The molecule has 0 amide bonds. The van der Waals surface area contributed by atoms with E-state index in [2.05, 4.69) is 22.8 Å². The van der Waals surface area contributed by atoms with E-state index < -0.39 is 0 Å². The third-order valence-corrected chi connectivity index (χ3v) is 6.80. The smallest absolute Gasteiger partial charge is 0.166 e. The first-order chi connectivity index (χ1) is 17.6. The van der Waals surface area contributed by atoms with E-state index in [0.29, 0.717) is 31.1 Å². The van der Waals surface area contributed by atoms with E-state index in [-0.39, 0.29) is 17.7 Å². The van der Waals surface area contributed by atoms with Crippen molar-refractivity contribution in [2.75, 3.05) is 31.0 Å². The Bertz CT molecular complexity index is 1280. The summed E-state index contributed by atoms with van der Waals surface area (Å²) in [6, 6.07) is 21.6. The van der Waals surface area contributed by atoms with E-state index >= 15 is 0 Å². The minimum absolute atomic E-state index is 0.0852. The minimum atomic E-state index is -0.374. The fourth-order valence-electron chi connectivity index (χ4n) is 5.18. The predicted octanol–water partition coefficient (Wildman–Crippen LogP) is 6.47. The molecule has 0 radical (unpaired) electrons. The second-order valence-corrected chi connectivity index (χ2v) is 8.98. The number of carbonyl (C=O) groups is 1. The molecule has 6 heteroatoms. The van der Waals surface area contributed by atoms with Crippen molar-refractivity contribution in [3.05, 3.63) is 89.1 Å². The Labute approximate surface area is 212 Å². The Balaban J connectivity index is 1.59. The van der Waals surface area contributed by atoms with Crippen LogP contribution in [-0.4, -0.2) is 26.1 Å². The molecule has 1 heterocycles. The maximum Gasteiger partial charge on any atom is 0.166 e. The quantitative estimate of drug-likeness (QED) is 0.400. The predicted molar refractivity (Wildman–Crippen MR) is 142 cm³/mol. The van der Waals surface area contributed by atoms with E-state index in [1.807, 2.05) is 68.4 Å². The molecule has 3 aromatic carbocycles. The Morgan fingerprint density at radius 1 is 0.861 bits per heavy atom. The van der Waals surface area contributed by atoms with Gasteiger partial charge in [-0.3, -0.25) is 4.79 Å². The number of ketones is 1. The van der Waals surface area contributed by atoms with Gasteiger partial charge in [0.05, 0.1) is 37.7 Å². The summed E-state index contributed by atoms with van der Waals surface area (Å²) in [7, 11) is 1.64. The lowest BCUT2D eigenvalue weighted by molar-refractivity contribution is -0.116. The molecule has 36 heavy (non-hydrogen) atoms. The lowest BCUT2D eigenvalue weighted by Gasteiger charge is -2.30. The van der Waals surface area contributed by atoms with Crippen molar-refractivity contribution in [3.8, 4) is 17.2 Å². The third-order valence-electron chi connectivity index (χ3n) is 6.80. The molecule has 2 unspecified atom stereocenters. The molecule has 6 nitrogen and oxygen atoms in total. The molecule has 0 fully saturated rings. The maximum absolute atomic E-state index is 13.9. The van der Waals surface area contributed by atoms with Gasteiger partial charge < -0.3 is 24.8 Å². The summed E-state index contributed by atoms with van der Waals surface area (Å²) in [6.45, 7) is 5.05. The molecule has 0 bridgehead atoms. The molecule has 1 aliphatic heterocycles. The van der Waals surface area contributed by atoms with Crippen molar-refractivity contribution in [2.24, 2.45) is 0 Å². The van der Waals surface area contributed by atoms with Crippen LogP contribution in [0.2, 0.25) is 0 Å². The number of anilines is 2. The van der Waals surface area contributed by atoms with Gasteiger partial charge in [0, 0.05) is 23.3 Å². The Kier molecular flexibility index (Phi) is 6.85.